The minimum Gasteiger partial charge on any atom is -0.462 e. The van der Waals surface area contributed by atoms with E-state index in [0.717, 1.165) is 5.57 Å². The molecule has 1 rings (SSSR count). The molecule has 0 aliphatic rings. The van der Waals surface area contributed by atoms with Gasteiger partial charge in [-0.2, -0.15) is 0 Å². The van der Waals surface area contributed by atoms with Gasteiger partial charge in [-0.3, -0.25) is 9.36 Å². The smallest absolute Gasteiger partial charge is 0.345 e. The first-order valence-electron chi connectivity index (χ1n) is 6.94. The number of carbonyl (C=O) groups excluding carboxylic acids is 1. The number of hydrogen-bond donors (Lipinski definition) is 0. The van der Waals surface area contributed by atoms with Crippen molar-refractivity contribution in [1.82, 2.24) is 9.55 Å². The van der Waals surface area contributed by atoms with Crippen LogP contribution in [-0.4, -0.2) is 34.3 Å². The molecule has 0 aliphatic carbocycles. The third-order valence-electron chi connectivity index (χ3n) is 2.78. The molecule has 0 saturated carbocycles. The molecule has 1 aromatic heterocycles. The predicted molar refractivity (Wildman–Crippen MR) is 94.4 cm³/mol. The average Bonchev–Trinajstić information content (AvgIpc) is 2.54. The molecule has 0 aromatic carbocycles. The number of thioether (sulfide) groups is 1. The van der Waals surface area contributed by atoms with Crippen LogP contribution in [0, 0.1) is 0 Å². The number of rotatable bonds is 8. The Labute approximate surface area is 144 Å². The zero-order chi connectivity index (χ0) is 17.2. The fourth-order valence-electron chi connectivity index (χ4n) is 1.82. The lowest BCUT2D eigenvalue weighted by atomic mass is 10.2. The van der Waals surface area contributed by atoms with Gasteiger partial charge in [-0.05, 0) is 18.8 Å². The second-order valence-electron chi connectivity index (χ2n) is 4.30. The van der Waals surface area contributed by atoms with E-state index in [1.165, 1.54) is 22.5 Å². The molecular formula is C16H19ClN2O3S. The highest BCUT2D eigenvalue weighted by atomic mass is 35.5. The van der Waals surface area contributed by atoms with Crippen LogP contribution in [0.2, 0.25) is 0 Å². The summed E-state index contributed by atoms with van der Waals surface area (Å²) in [6.07, 6.45) is 10.0. The maximum Gasteiger partial charge on any atom is 0.345 e. The normalized spacial score (nSPS) is 11.7. The number of nitrogens with zero attached hydrogens (tertiary/aromatic N) is 2. The molecule has 7 heteroatoms. The van der Waals surface area contributed by atoms with Crippen molar-refractivity contribution in [3.05, 3.63) is 58.6 Å². The Morgan fingerprint density at radius 1 is 1.57 bits per heavy atom. The van der Waals surface area contributed by atoms with Crippen LogP contribution >= 0.6 is 23.4 Å². The van der Waals surface area contributed by atoms with E-state index in [0.29, 0.717) is 11.0 Å². The van der Waals surface area contributed by atoms with Gasteiger partial charge in [0.05, 0.1) is 19.3 Å². The Balaban J connectivity index is 3.32. The van der Waals surface area contributed by atoms with Crippen LogP contribution in [-0.2, 0) is 11.3 Å². The molecule has 124 valence electrons. The van der Waals surface area contributed by atoms with E-state index in [-0.39, 0.29) is 18.7 Å². The monoisotopic (exact) mass is 354 g/mol. The highest BCUT2D eigenvalue weighted by molar-refractivity contribution is 7.98. The zero-order valence-electron chi connectivity index (χ0n) is 13.1. The number of aromatic nitrogens is 2. The minimum atomic E-state index is -0.669. The Morgan fingerprint density at radius 2 is 2.30 bits per heavy atom. The van der Waals surface area contributed by atoms with Crippen LogP contribution in [0.5, 0.6) is 0 Å². The number of ether oxygens (including phenoxy) is 1. The third-order valence-corrected chi connectivity index (χ3v) is 3.65. The van der Waals surface area contributed by atoms with Crippen molar-refractivity contribution in [2.75, 3.05) is 18.7 Å². The highest BCUT2D eigenvalue weighted by Gasteiger charge is 2.17. The summed E-state index contributed by atoms with van der Waals surface area (Å²) in [6.45, 7) is 5.80. The number of carbonyl (C=O) groups is 1. The first-order chi connectivity index (χ1) is 11.1. The summed E-state index contributed by atoms with van der Waals surface area (Å²) in [7, 11) is 0. The van der Waals surface area contributed by atoms with E-state index in [4.69, 9.17) is 16.3 Å². The van der Waals surface area contributed by atoms with E-state index in [9.17, 15) is 9.59 Å². The summed E-state index contributed by atoms with van der Waals surface area (Å²) >= 11 is 6.98. The fourth-order valence-corrected chi connectivity index (χ4v) is 2.43. The second kappa shape index (κ2) is 10.1. The van der Waals surface area contributed by atoms with Crippen LogP contribution in [0.1, 0.15) is 17.3 Å². The Kier molecular flexibility index (Phi) is 8.43. The molecule has 1 aromatic rings. The third kappa shape index (κ3) is 5.41. The maximum absolute atomic E-state index is 12.6. The summed E-state index contributed by atoms with van der Waals surface area (Å²) in [4.78, 5) is 28.6. The average molecular weight is 355 g/mol. The highest BCUT2D eigenvalue weighted by Crippen LogP contribution is 2.13. The van der Waals surface area contributed by atoms with Gasteiger partial charge in [-0.1, -0.05) is 42.6 Å². The van der Waals surface area contributed by atoms with Crippen LogP contribution in [0.3, 0.4) is 0 Å². The Hall–Kier alpha value is -1.79. The van der Waals surface area contributed by atoms with E-state index in [2.05, 4.69) is 11.6 Å². The van der Waals surface area contributed by atoms with Crippen molar-refractivity contribution in [2.24, 2.45) is 0 Å². The summed E-state index contributed by atoms with van der Waals surface area (Å²) in [6, 6.07) is 0. The molecule has 1 heterocycles. The second-order valence-corrected chi connectivity index (χ2v) is 5.39. The number of halogens is 1. The van der Waals surface area contributed by atoms with Gasteiger partial charge in [0.25, 0.3) is 5.56 Å². The van der Waals surface area contributed by atoms with Crippen molar-refractivity contribution < 1.29 is 9.53 Å². The largest absolute Gasteiger partial charge is 0.462 e. The molecule has 0 fully saturated rings. The molecule has 0 bridgehead atoms. The molecule has 0 amide bonds. The van der Waals surface area contributed by atoms with Gasteiger partial charge in [0.15, 0.2) is 5.16 Å². The van der Waals surface area contributed by atoms with Crippen LogP contribution < -0.4 is 5.56 Å². The fraction of sp³-hybridized carbons (Fsp3) is 0.312. The molecule has 0 atom stereocenters. The molecule has 0 aliphatic heterocycles. The zero-order valence-corrected chi connectivity index (χ0v) is 14.7. The molecule has 0 radical (unpaired) electrons. The predicted octanol–water partition coefficient (Wildman–Crippen LogP) is 3.05. The van der Waals surface area contributed by atoms with Crippen molar-refractivity contribution in [3.8, 4) is 0 Å². The maximum atomic E-state index is 12.6. The standard InChI is InChI=1S/C16H19ClN2O3S/c1-4-7-12(8-6-9-17)11-19-14(20)13(15(21)22-5-2)10-18-16(19)23-3/h4,6-8,10H,1,5,9,11H2,2-3H3/b8-6-,12-7+. The van der Waals surface area contributed by atoms with Crippen molar-refractivity contribution in [1.29, 1.82) is 0 Å². The summed E-state index contributed by atoms with van der Waals surface area (Å²) in [5.74, 6) is -0.308. The quantitative estimate of drug-likeness (QED) is 0.236. The molecule has 23 heavy (non-hydrogen) atoms. The molecule has 5 nitrogen and oxygen atoms in total. The first-order valence-corrected chi connectivity index (χ1v) is 8.70. The van der Waals surface area contributed by atoms with Gasteiger partial charge in [0.1, 0.15) is 5.56 Å². The first kappa shape index (κ1) is 19.3. The van der Waals surface area contributed by atoms with Gasteiger partial charge in [-0.25, -0.2) is 9.78 Å². The minimum absolute atomic E-state index is 0.0797. The van der Waals surface area contributed by atoms with Gasteiger partial charge in [0.2, 0.25) is 0 Å². The lowest BCUT2D eigenvalue weighted by Crippen LogP contribution is -2.30. The number of alkyl halides is 1. The summed E-state index contributed by atoms with van der Waals surface area (Å²) in [5.41, 5.74) is 0.307. The topological polar surface area (TPSA) is 61.2 Å². The Morgan fingerprint density at radius 3 is 2.87 bits per heavy atom. The van der Waals surface area contributed by atoms with E-state index >= 15 is 0 Å². The molecule has 0 saturated heterocycles. The van der Waals surface area contributed by atoms with Crippen molar-refractivity contribution in [2.45, 2.75) is 18.6 Å². The molecule has 0 spiro atoms. The van der Waals surface area contributed by atoms with Crippen molar-refractivity contribution in [3.63, 3.8) is 0 Å². The van der Waals surface area contributed by atoms with Crippen LogP contribution in [0.15, 0.2) is 52.6 Å². The lowest BCUT2D eigenvalue weighted by molar-refractivity contribution is 0.0522. The number of esters is 1. The number of hydrogen-bond acceptors (Lipinski definition) is 5. The van der Waals surface area contributed by atoms with Crippen molar-refractivity contribution >= 4 is 29.3 Å². The number of allylic oxidation sites excluding steroid dienone is 5. The molecule has 0 unspecified atom stereocenters. The van der Waals surface area contributed by atoms with Gasteiger partial charge < -0.3 is 4.74 Å². The van der Waals surface area contributed by atoms with E-state index in [1.54, 1.807) is 25.2 Å². The van der Waals surface area contributed by atoms with Gasteiger partial charge >= 0.3 is 5.97 Å². The molecule has 0 N–H and O–H groups in total. The van der Waals surface area contributed by atoms with E-state index in [1.807, 2.05) is 12.3 Å². The van der Waals surface area contributed by atoms with Gasteiger partial charge in [-0.15, -0.1) is 11.6 Å². The van der Waals surface area contributed by atoms with Gasteiger partial charge in [0, 0.05) is 5.88 Å². The summed E-state index contributed by atoms with van der Waals surface area (Å²) < 4.78 is 6.33. The SMILES string of the molecule is C=C/C=C(\C=C/CCl)Cn1c(SC)ncc(C(=O)OCC)c1=O. The van der Waals surface area contributed by atoms with Crippen LogP contribution in [0.4, 0.5) is 0 Å². The molecular weight excluding hydrogens is 336 g/mol. The van der Waals surface area contributed by atoms with Crippen LogP contribution in [0.25, 0.3) is 0 Å². The summed E-state index contributed by atoms with van der Waals surface area (Å²) in [5, 5.41) is 0.511. The van der Waals surface area contributed by atoms with E-state index < -0.39 is 11.5 Å². The lowest BCUT2D eigenvalue weighted by Gasteiger charge is -2.12. The Bertz CT molecular complexity index is 680.